The second kappa shape index (κ2) is 6.37. The van der Waals surface area contributed by atoms with E-state index >= 15 is 0 Å². The maximum absolute atomic E-state index is 10.6. The Kier molecular flexibility index (Phi) is 4.11. The zero-order valence-electron chi connectivity index (χ0n) is 12.1. The number of nitro benzene ring substituents is 1. The predicted molar refractivity (Wildman–Crippen MR) is 86.1 cm³/mol. The van der Waals surface area contributed by atoms with E-state index in [1.807, 2.05) is 24.3 Å². The lowest BCUT2D eigenvalue weighted by molar-refractivity contribution is -0.384. The molecule has 0 saturated carbocycles. The van der Waals surface area contributed by atoms with Crippen LogP contribution in [0.3, 0.4) is 0 Å². The number of aliphatic hydroxyl groups is 1. The summed E-state index contributed by atoms with van der Waals surface area (Å²) in [6.07, 6.45) is 0.800. The van der Waals surface area contributed by atoms with Gasteiger partial charge in [0.1, 0.15) is 5.82 Å². The van der Waals surface area contributed by atoms with Crippen molar-refractivity contribution in [2.45, 2.75) is 6.10 Å². The highest BCUT2D eigenvalue weighted by molar-refractivity contribution is 5.75. The Bertz CT molecular complexity index is 836. The predicted octanol–water partition coefficient (Wildman–Crippen LogP) is 2.68. The van der Waals surface area contributed by atoms with Crippen molar-refractivity contribution in [2.75, 3.05) is 11.9 Å². The quantitative estimate of drug-likeness (QED) is 0.555. The minimum Gasteiger partial charge on any atom is -0.387 e. The number of aromatic nitrogens is 2. The number of rotatable bonds is 5. The van der Waals surface area contributed by atoms with Crippen LogP contribution in [0.2, 0.25) is 0 Å². The average Bonchev–Trinajstić information content (AvgIpc) is 2.59. The number of nitro groups is 1. The standard InChI is InChI=1S/C16H14N4O3/c21-15(11-5-7-12(8-6-11)20(22)23)9-18-16-10-17-13-3-1-2-4-14(13)19-16/h1-8,10,15,21H,9H2,(H,18,19)/t15-/m0/s1. The molecular formula is C16H14N4O3. The first-order valence-corrected chi connectivity index (χ1v) is 7.01. The number of fused-ring (bicyclic) bond motifs is 1. The smallest absolute Gasteiger partial charge is 0.269 e. The number of benzene rings is 2. The highest BCUT2D eigenvalue weighted by Crippen LogP contribution is 2.18. The molecule has 1 aromatic heterocycles. The number of nitrogens with zero attached hydrogens (tertiary/aromatic N) is 3. The van der Waals surface area contributed by atoms with Crippen LogP contribution in [0.4, 0.5) is 11.5 Å². The molecule has 7 nitrogen and oxygen atoms in total. The van der Waals surface area contributed by atoms with Crippen LogP contribution >= 0.6 is 0 Å². The van der Waals surface area contributed by atoms with Crippen molar-refractivity contribution in [3.63, 3.8) is 0 Å². The molecule has 0 amide bonds. The Morgan fingerprint density at radius 3 is 2.52 bits per heavy atom. The summed E-state index contributed by atoms with van der Waals surface area (Å²) in [7, 11) is 0. The Balaban J connectivity index is 1.67. The number of aliphatic hydroxyl groups excluding tert-OH is 1. The molecule has 0 bridgehead atoms. The molecular weight excluding hydrogens is 296 g/mol. The molecule has 0 fully saturated rings. The maximum Gasteiger partial charge on any atom is 0.269 e. The molecule has 0 radical (unpaired) electrons. The molecule has 116 valence electrons. The number of non-ortho nitro benzene ring substituents is 1. The van der Waals surface area contributed by atoms with Crippen LogP contribution in [0.5, 0.6) is 0 Å². The lowest BCUT2D eigenvalue weighted by atomic mass is 10.1. The first kappa shape index (κ1) is 14.9. The molecule has 0 saturated heterocycles. The summed E-state index contributed by atoms with van der Waals surface area (Å²) >= 11 is 0. The van der Waals surface area contributed by atoms with Crippen LogP contribution in [0.15, 0.2) is 54.7 Å². The van der Waals surface area contributed by atoms with Gasteiger partial charge in [-0.05, 0) is 29.8 Å². The number of hydrogen-bond acceptors (Lipinski definition) is 6. The largest absolute Gasteiger partial charge is 0.387 e. The first-order valence-electron chi connectivity index (χ1n) is 7.01. The van der Waals surface area contributed by atoms with Gasteiger partial charge in [0.15, 0.2) is 0 Å². The minimum absolute atomic E-state index is 0.00527. The van der Waals surface area contributed by atoms with Gasteiger partial charge in [0.2, 0.25) is 0 Å². The average molecular weight is 310 g/mol. The van der Waals surface area contributed by atoms with E-state index in [9.17, 15) is 15.2 Å². The van der Waals surface area contributed by atoms with Crippen LogP contribution in [0.25, 0.3) is 11.0 Å². The highest BCUT2D eigenvalue weighted by Gasteiger charge is 2.11. The van der Waals surface area contributed by atoms with Crippen molar-refractivity contribution >= 4 is 22.5 Å². The van der Waals surface area contributed by atoms with E-state index < -0.39 is 11.0 Å². The van der Waals surface area contributed by atoms with Gasteiger partial charge in [-0.2, -0.15) is 0 Å². The molecule has 0 spiro atoms. The van der Waals surface area contributed by atoms with Gasteiger partial charge in [-0.25, -0.2) is 4.98 Å². The molecule has 3 rings (SSSR count). The van der Waals surface area contributed by atoms with E-state index in [2.05, 4.69) is 15.3 Å². The van der Waals surface area contributed by atoms with E-state index in [0.717, 1.165) is 11.0 Å². The van der Waals surface area contributed by atoms with E-state index in [1.165, 1.54) is 24.3 Å². The molecule has 2 N–H and O–H groups in total. The summed E-state index contributed by atoms with van der Waals surface area (Å²) in [5.41, 5.74) is 2.16. The van der Waals surface area contributed by atoms with Crippen LogP contribution in [0, 0.1) is 10.1 Å². The molecule has 0 unspecified atom stereocenters. The lowest BCUT2D eigenvalue weighted by Gasteiger charge is -2.12. The Morgan fingerprint density at radius 1 is 1.13 bits per heavy atom. The molecule has 7 heteroatoms. The molecule has 23 heavy (non-hydrogen) atoms. The van der Waals surface area contributed by atoms with Gasteiger partial charge in [-0.3, -0.25) is 15.1 Å². The number of nitrogens with one attached hydrogen (secondary N) is 1. The SMILES string of the molecule is O=[N+]([O-])c1ccc([C@@H](O)CNc2cnc3ccccc3n2)cc1. The van der Waals surface area contributed by atoms with E-state index in [-0.39, 0.29) is 12.2 Å². The van der Waals surface area contributed by atoms with Crippen molar-refractivity contribution in [3.05, 3.63) is 70.4 Å². The molecule has 0 aliphatic rings. The van der Waals surface area contributed by atoms with Crippen LogP contribution < -0.4 is 5.32 Å². The Morgan fingerprint density at radius 2 is 1.83 bits per heavy atom. The van der Waals surface area contributed by atoms with Crippen molar-refractivity contribution in [1.29, 1.82) is 0 Å². The summed E-state index contributed by atoms with van der Waals surface area (Å²) < 4.78 is 0. The first-order chi connectivity index (χ1) is 11.1. The van der Waals surface area contributed by atoms with E-state index in [0.29, 0.717) is 11.4 Å². The maximum atomic E-state index is 10.6. The summed E-state index contributed by atoms with van der Waals surface area (Å²) in [5, 5.41) is 23.8. The summed E-state index contributed by atoms with van der Waals surface area (Å²) in [4.78, 5) is 18.8. The van der Waals surface area contributed by atoms with Crippen LogP contribution in [-0.2, 0) is 0 Å². The third kappa shape index (κ3) is 3.41. The van der Waals surface area contributed by atoms with Crippen LogP contribution in [0.1, 0.15) is 11.7 Å². The molecule has 2 aromatic carbocycles. The zero-order valence-corrected chi connectivity index (χ0v) is 12.1. The molecule has 0 aliphatic heterocycles. The van der Waals surface area contributed by atoms with Gasteiger partial charge in [0.05, 0.1) is 28.3 Å². The van der Waals surface area contributed by atoms with Gasteiger partial charge in [0, 0.05) is 18.7 Å². The normalized spacial score (nSPS) is 12.0. The summed E-state index contributed by atoms with van der Waals surface area (Å²) in [6.45, 7) is 0.227. The topological polar surface area (TPSA) is 101 Å². The van der Waals surface area contributed by atoms with Crippen LogP contribution in [-0.4, -0.2) is 26.5 Å². The lowest BCUT2D eigenvalue weighted by Crippen LogP contribution is -2.13. The number of hydrogen-bond donors (Lipinski definition) is 2. The van der Waals surface area contributed by atoms with Crippen molar-refractivity contribution in [3.8, 4) is 0 Å². The third-order valence-corrected chi connectivity index (χ3v) is 3.41. The van der Waals surface area contributed by atoms with E-state index in [1.54, 1.807) is 6.20 Å². The van der Waals surface area contributed by atoms with Gasteiger partial charge in [-0.1, -0.05) is 12.1 Å². The molecule has 1 heterocycles. The zero-order chi connectivity index (χ0) is 16.2. The Hall–Kier alpha value is -3.06. The summed E-state index contributed by atoms with van der Waals surface area (Å²) in [6, 6.07) is 13.3. The number of para-hydroxylation sites is 2. The van der Waals surface area contributed by atoms with Gasteiger partial charge >= 0.3 is 0 Å². The molecule has 1 atom stereocenters. The highest BCUT2D eigenvalue weighted by atomic mass is 16.6. The fraction of sp³-hybridized carbons (Fsp3) is 0.125. The van der Waals surface area contributed by atoms with Gasteiger partial charge in [0.25, 0.3) is 5.69 Å². The second-order valence-corrected chi connectivity index (χ2v) is 4.99. The molecule has 0 aliphatic carbocycles. The third-order valence-electron chi connectivity index (χ3n) is 3.41. The fourth-order valence-electron chi connectivity index (χ4n) is 2.18. The van der Waals surface area contributed by atoms with Crippen molar-refractivity contribution in [1.82, 2.24) is 9.97 Å². The number of anilines is 1. The minimum atomic E-state index is -0.802. The molecule has 3 aromatic rings. The van der Waals surface area contributed by atoms with Gasteiger partial charge < -0.3 is 10.4 Å². The second-order valence-electron chi connectivity index (χ2n) is 4.99. The van der Waals surface area contributed by atoms with E-state index in [4.69, 9.17) is 0 Å². The fourth-order valence-corrected chi connectivity index (χ4v) is 2.18. The van der Waals surface area contributed by atoms with Crippen molar-refractivity contribution in [2.24, 2.45) is 0 Å². The Labute approximate surface area is 131 Å². The monoisotopic (exact) mass is 310 g/mol. The summed E-state index contributed by atoms with van der Waals surface area (Å²) in [5.74, 6) is 0.560. The van der Waals surface area contributed by atoms with Crippen molar-refractivity contribution < 1.29 is 10.0 Å². The van der Waals surface area contributed by atoms with Gasteiger partial charge in [-0.15, -0.1) is 0 Å².